The summed E-state index contributed by atoms with van der Waals surface area (Å²) < 4.78 is 14.3. The molecule has 8 heteroatoms. The number of anilines is 1. The summed E-state index contributed by atoms with van der Waals surface area (Å²) in [7, 11) is 0. The minimum absolute atomic E-state index is 0.278. The first-order chi connectivity index (χ1) is 15.5. The first-order valence-electron chi connectivity index (χ1n) is 10.9. The van der Waals surface area contributed by atoms with Crippen LogP contribution in [-0.2, 0) is 0 Å². The lowest BCUT2D eigenvalue weighted by Crippen LogP contribution is -2.29. The number of pyridine rings is 1. The Hall–Kier alpha value is -3.03. The fourth-order valence-corrected chi connectivity index (χ4v) is 4.84. The average Bonchev–Trinajstić information content (AvgIpc) is 3.43. The quantitative estimate of drug-likeness (QED) is 0.427. The zero-order valence-corrected chi connectivity index (χ0v) is 18.9. The van der Waals surface area contributed by atoms with Crippen molar-refractivity contribution in [1.29, 1.82) is 0 Å². The number of nitrogens with two attached hydrogens (primary N) is 1. The number of piperidine rings is 1. The summed E-state index contributed by atoms with van der Waals surface area (Å²) in [5.41, 5.74) is 10.6. The molecule has 0 aliphatic carbocycles. The van der Waals surface area contributed by atoms with Crippen molar-refractivity contribution in [3.8, 4) is 16.9 Å². The highest BCUT2D eigenvalue weighted by Gasteiger charge is 2.22. The number of furan rings is 1. The van der Waals surface area contributed by atoms with Crippen LogP contribution in [0.5, 0.6) is 5.75 Å². The Bertz CT molecular complexity index is 1240. The van der Waals surface area contributed by atoms with Crippen LogP contribution < -0.4 is 15.8 Å². The van der Waals surface area contributed by atoms with Gasteiger partial charge in [0.2, 0.25) is 5.75 Å². The van der Waals surface area contributed by atoms with E-state index in [0.29, 0.717) is 22.4 Å². The maximum Gasteiger partial charge on any atom is 0.205 e. The van der Waals surface area contributed by atoms with Crippen LogP contribution in [0.1, 0.15) is 43.0 Å². The van der Waals surface area contributed by atoms with Gasteiger partial charge < -0.3 is 20.2 Å². The van der Waals surface area contributed by atoms with Gasteiger partial charge in [0.25, 0.3) is 0 Å². The van der Waals surface area contributed by atoms with Crippen LogP contribution in [0.2, 0.25) is 5.02 Å². The van der Waals surface area contributed by atoms with Crippen LogP contribution in [0, 0.1) is 6.92 Å². The van der Waals surface area contributed by atoms with Gasteiger partial charge in [0.1, 0.15) is 12.4 Å². The summed E-state index contributed by atoms with van der Waals surface area (Å²) in [6.07, 6.45) is 9.21. The number of fused-ring (bicyclic) bond motifs is 1. The van der Waals surface area contributed by atoms with Crippen molar-refractivity contribution in [2.45, 2.75) is 38.8 Å². The Labute approximate surface area is 191 Å². The molecular formula is C24H26ClN5O2. The van der Waals surface area contributed by atoms with Crippen LogP contribution in [0.25, 0.3) is 22.1 Å². The third-order valence-corrected chi connectivity index (χ3v) is 6.50. The molecule has 1 aliphatic rings. The SMILES string of the molecule is Cc1cccc(Cl)c1C(C)Oc1c(N)ncc2c(-c3cnn(C4CCNCC4)c3)coc12. The molecule has 1 saturated heterocycles. The summed E-state index contributed by atoms with van der Waals surface area (Å²) >= 11 is 6.44. The first kappa shape index (κ1) is 20.8. The number of aryl methyl sites for hydroxylation is 1. The number of nitrogen functional groups attached to an aromatic ring is 1. The van der Waals surface area contributed by atoms with Gasteiger partial charge in [-0.05, 0) is 51.4 Å². The molecule has 1 aromatic carbocycles. The number of nitrogens with one attached hydrogen (secondary N) is 1. The van der Waals surface area contributed by atoms with Gasteiger partial charge in [-0.15, -0.1) is 0 Å². The van der Waals surface area contributed by atoms with Crippen LogP contribution in [0.4, 0.5) is 5.82 Å². The van der Waals surface area contributed by atoms with E-state index in [9.17, 15) is 0 Å². The standard InChI is InChI=1S/C24H26ClN5O2/c1-14-4-3-5-20(25)21(14)15(2)32-23-22-18(11-28-24(23)26)19(13-31-22)16-10-29-30(12-16)17-6-8-27-9-7-17/h3-5,10-13,15,17,27H,6-9H2,1-2H3,(H2,26,28). The van der Waals surface area contributed by atoms with Gasteiger partial charge in [0, 0.05) is 34.1 Å². The van der Waals surface area contributed by atoms with E-state index in [1.807, 2.05) is 38.2 Å². The number of halogens is 1. The molecule has 0 bridgehead atoms. The topological polar surface area (TPSA) is 91.1 Å². The molecular weight excluding hydrogens is 426 g/mol. The van der Waals surface area contributed by atoms with Gasteiger partial charge in [-0.1, -0.05) is 23.7 Å². The highest BCUT2D eigenvalue weighted by Crippen LogP contribution is 2.40. The van der Waals surface area contributed by atoms with E-state index in [1.54, 1.807) is 12.5 Å². The molecule has 1 atom stereocenters. The van der Waals surface area contributed by atoms with E-state index >= 15 is 0 Å². The average molecular weight is 452 g/mol. The monoisotopic (exact) mass is 451 g/mol. The number of benzene rings is 1. The number of nitrogens with zero attached hydrogens (tertiary/aromatic N) is 3. The van der Waals surface area contributed by atoms with Crippen molar-refractivity contribution in [1.82, 2.24) is 20.1 Å². The molecule has 1 fully saturated rings. The molecule has 1 aliphatic heterocycles. The molecule has 0 radical (unpaired) electrons. The lowest BCUT2D eigenvalue weighted by molar-refractivity contribution is 0.227. The molecule has 1 unspecified atom stereocenters. The van der Waals surface area contributed by atoms with Crippen molar-refractivity contribution >= 4 is 28.4 Å². The molecule has 3 N–H and O–H groups in total. The van der Waals surface area contributed by atoms with Crippen LogP contribution >= 0.6 is 11.6 Å². The highest BCUT2D eigenvalue weighted by molar-refractivity contribution is 6.31. The summed E-state index contributed by atoms with van der Waals surface area (Å²) in [6, 6.07) is 6.20. The zero-order chi connectivity index (χ0) is 22.2. The fraction of sp³-hybridized carbons (Fsp3) is 0.333. The molecule has 0 amide bonds. The second-order valence-corrected chi connectivity index (χ2v) is 8.69. The van der Waals surface area contributed by atoms with E-state index in [-0.39, 0.29) is 11.9 Å². The predicted molar refractivity (Wildman–Crippen MR) is 126 cm³/mol. The lowest BCUT2D eigenvalue weighted by Gasteiger charge is -2.22. The van der Waals surface area contributed by atoms with Crippen molar-refractivity contribution in [3.05, 3.63) is 59.2 Å². The second kappa shape index (κ2) is 8.48. The fourth-order valence-electron chi connectivity index (χ4n) is 4.46. The molecule has 0 saturated carbocycles. The van der Waals surface area contributed by atoms with Gasteiger partial charge in [-0.25, -0.2) is 4.98 Å². The Morgan fingerprint density at radius 3 is 2.88 bits per heavy atom. The number of hydrogen-bond acceptors (Lipinski definition) is 6. The van der Waals surface area contributed by atoms with Gasteiger partial charge in [-0.3, -0.25) is 4.68 Å². The second-order valence-electron chi connectivity index (χ2n) is 8.29. The smallest absolute Gasteiger partial charge is 0.205 e. The van der Waals surface area contributed by atoms with E-state index < -0.39 is 0 Å². The predicted octanol–water partition coefficient (Wildman–Crippen LogP) is 5.30. The van der Waals surface area contributed by atoms with E-state index in [1.165, 1.54) is 0 Å². The summed E-state index contributed by atoms with van der Waals surface area (Å²) in [6.45, 7) is 5.98. The molecule has 4 heterocycles. The first-order valence-corrected chi connectivity index (χ1v) is 11.2. The lowest BCUT2D eigenvalue weighted by atomic mass is 10.0. The zero-order valence-electron chi connectivity index (χ0n) is 18.1. The van der Waals surface area contributed by atoms with Crippen molar-refractivity contribution in [2.24, 2.45) is 0 Å². The number of hydrogen-bond donors (Lipinski definition) is 2. The number of aromatic nitrogens is 3. The van der Waals surface area contributed by atoms with Gasteiger partial charge in [0.05, 0.1) is 17.6 Å². The Kier molecular flexibility index (Phi) is 5.53. The molecule has 3 aromatic heterocycles. The molecule has 166 valence electrons. The molecule has 0 spiro atoms. The Morgan fingerprint density at radius 1 is 1.28 bits per heavy atom. The minimum Gasteiger partial charge on any atom is -0.478 e. The van der Waals surface area contributed by atoms with Crippen LogP contribution in [-0.4, -0.2) is 27.9 Å². The van der Waals surface area contributed by atoms with Crippen molar-refractivity contribution < 1.29 is 9.15 Å². The number of ether oxygens (including phenoxy) is 1. The third kappa shape index (κ3) is 3.72. The number of rotatable bonds is 5. The Morgan fingerprint density at radius 2 is 2.09 bits per heavy atom. The van der Waals surface area contributed by atoms with Crippen LogP contribution in [0.3, 0.4) is 0 Å². The molecule has 7 nitrogen and oxygen atoms in total. The molecule has 4 aromatic rings. The minimum atomic E-state index is -0.324. The van der Waals surface area contributed by atoms with E-state index in [0.717, 1.165) is 53.6 Å². The van der Waals surface area contributed by atoms with Crippen LogP contribution in [0.15, 0.2) is 47.5 Å². The molecule has 32 heavy (non-hydrogen) atoms. The summed E-state index contributed by atoms with van der Waals surface area (Å²) in [5.74, 6) is 0.701. The summed E-state index contributed by atoms with van der Waals surface area (Å²) in [4.78, 5) is 4.38. The maximum atomic E-state index is 6.44. The normalized spacial score (nSPS) is 15.8. The van der Waals surface area contributed by atoms with Crippen molar-refractivity contribution in [3.63, 3.8) is 0 Å². The van der Waals surface area contributed by atoms with Gasteiger partial charge in [0.15, 0.2) is 11.4 Å². The van der Waals surface area contributed by atoms with E-state index in [4.69, 9.17) is 26.5 Å². The van der Waals surface area contributed by atoms with Gasteiger partial charge in [-0.2, -0.15) is 5.10 Å². The summed E-state index contributed by atoms with van der Waals surface area (Å²) in [5, 5.41) is 9.49. The largest absolute Gasteiger partial charge is 0.478 e. The van der Waals surface area contributed by atoms with Gasteiger partial charge >= 0.3 is 0 Å². The highest BCUT2D eigenvalue weighted by atomic mass is 35.5. The van der Waals surface area contributed by atoms with Crippen molar-refractivity contribution in [2.75, 3.05) is 18.8 Å². The molecule has 5 rings (SSSR count). The van der Waals surface area contributed by atoms with E-state index in [2.05, 4.69) is 26.3 Å². The maximum absolute atomic E-state index is 6.44. The third-order valence-electron chi connectivity index (χ3n) is 6.17. The Balaban J connectivity index is 1.49.